The van der Waals surface area contributed by atoms with Crippen molar-refractivity contribution in [2.24, 2.45) is 22.7 Å². The van der Waals surface area contributed by atoms with E-state index in [1.807, 2.05) is 6.08 Å². The molecule has 8 atom stereocenters. The van der Waals surface area contributed by atoms with Crippen molar-refractivity contribution in [2.45, 2.75) is 89.1 Å². The fourth-order valence-electron chi connectivity index (χ4n) is 7.29. The monoisotopic (exact) mass is 364 g/mol. The van der Waals surface area contributed by atoms with Crippen LogP contribution >= 0.6 is 0 Å². The van der Waals surface area contributed by atoms with Gasteiger partial charge in [0.05, 0.1) is 12.2 Å². The van der Waals surface area contributed by atoms with Gasteiger partial charge >= 0.3 is 0 Å². The van der Waals surface area contributed by atoms with Gasteiger partial charge in [-0.3, -0.25) is 4.79 Å². The Morgan fingerprint density at radius 3 is 2.50 bits per heavy atom. The minimum atomic E-state index is -1.49. The van der Waals surface area contributed by atoms with E-state index in [-0.39, 0.29) is 23.2 Å². The molecule has 4 rings (SSSR count). The Hall–Kier alpha value is -0.750. The number of hydrogen-bond acceptors (Lipinski definition) is 5. The van der Waals surface area contributed by atoms with Crippen LogP contribution in [0.2, 0.25) is 0 Å². The predicted molar refractivity (Wildman–Crippen MR) is 96.2 cm³/mol. The molecule has 146 valence electrons. The maximum Gasteiger partial charge on any atom is 0.133 e. The van der Waals surface area contributed by atoms with Gasteiger partial charge < -0.3 is 20.4 Å². The van der Waals surface area contributed by atoms with Gasteiger partial charge in [-0.25, -0.2) is 0 Å². The second-order valence-corrected chi connectivity index (χ2v) is 9.82. The van der Waals surface area contributed by atoms with Crippen LogP contribution in [0.1, 0.15) is 65.7 Å². The van der Waals surface area contributed by atoms with Gasteiger partial charge in [0.15, 0.2) is 0 Å². The normalized spacial score (nSPS) is 56.2. The molecule has 26 heavy (non-hydrogen) atoms. The molecule has 3 fully saturated rings. The smallest absolute Gasteiger partial charge is 0.133 e. The number of fused-ring (bicyclic) bond motifs is 5. The zero-order chi connectivity index (χ0) is 19.1. The second-order valence-electron chi connectivity index (χ2n) is 9.82. The molecular weight excluding hydrogens is 332 g/mol. The third-order valence-corrected chi connectivity index (χ3v) is 8.96. The van der Waals surface area contributed by atoms with Crippen LogP contribution in [0.5, 0.6) is 0 Å². The number of aliphatic hydroxyl groups excluding tert-OH is 2. The number of carbonyl (C=O) groups excluding carboxylic acids is 1. The summed E-state index contributed by atoms with van der Waals surface area (Å²) >= 11 is 0. The third kappa shape index (κ3) is 1.93. The lowest BCUT2D eigenvalue weighted by Crippen LogP contribution is -2.75. The molecule has 0 bridgehead atoms. The number of hydrogen-bond donors (Lipinski definition) is 4. The van der Waals surface area contributed by atoms with E-state index in [1.165, 1.54) is 6.92 Å². The van der Waals surface area contributed by atoms with Crippen molar-refractivity contribution in [3.05, 3.63) is 11.6 Å². The van der Waals surface area contributed by atoms with Crippen LogP contribution in [0, 0.1) is 22.7 Å². The van der Waals surface area contributed by atoms with Crippen molar-refractivity contribution in [1.82, 2.24) is 0 Å². The van der Waals surface area contributed by atoms with Crippen molar-refractivity contribution in [2.75, 3.05) is 0 Å². The molecule has 5 nitrogen and oxygen atoms in total. The van der Waals surface area contributed by atoms with Gasteiger partial charge in [-0.15, -0.1) is 0 Å². The average molecular weight is 364 g/mol. The van der Waals surface area contributed by atoms with Crippen molar-refractivity contribution < 1.29 is 25.2 Å². The van der Waals surface area contributed by atoms with Crippen molar-refractivity contribution >= 4 is 5.78 Å². The molecule has 0 aromatic carbocycles. The van der Waals surface area contributed by atoms with Crippen molar-refractivity contribution in [3.63, 3.8) is 0 Å². The third-order valence-electron chi connectivity index (χ3n) is 8.96. The molecule has 0 radical (unpaired) electrons. The molecule has 4 aliphatic rings. The molecule has 0 unspecified atom stereocenters. The Balaban J connectivity index is 1.84. The Morgan fingerprint density at radius 2 is 1.85 bits per heavy atom. The van der Waals surface area contributed by atoms with Crippen LogP contribution < -0.4 is 0 Å². The number of carbonyl (C=O) groups is 1. The summed E-state index contributed by atoms with van der Waals surface area (Å²) in [5.41, 5.74) is -3.06. The number of aliphatic hydroxyl groups is 4. The number of rotatable bonds is 1. The summed E-state index contributed by atoms with van der Waals surface area (Å²) in [5, 5.41) is 44.9. The van der Waals surface area contributed by atoms with Crippen molar-refractivity contribution in [3.8, 4) is 0 Å². The second kappa shape index (κ2) is 5.40. The highest BCUT2D eigenvalue weighted by atomic mass is 16.4. The van der Waals surface area contributed by atoms with Crippen LogP contribution in [-0.4, -0.2) is 49.6 Å². The molecule has 0 heterocycles. The average Bonchev–Trinajstić information content (AvgIpc) is 2.86. The van der Waals surface area contributed by atoms with Gasteiger partial charge in [0, 0.05) is 17.3 Å². The fraction of sp³-hybridized carbons (Fsp3) is 0.857. The zero-order valence-electron chi connectivity index (χ0n) is 16.0. The Labute approximate surface area is 155 Å². The first-order valence-electron chi connectivity index (χ1n) is 10.0. The van der Waals surface area contributed by atoms with Gasteiger partial charge in [-0.05, 0) is 57.3 Å². The largest absolute Gasteiger partial charge is 0.393 e. The van der Waals surface area contributed by atoms with E-state index < -0.39 is 28.6 Å². The van der Waals surface area contributed by atoms with Crippen molar-refractivity contribution in [1.29, 1.82) is 0 Å². The Kier molecular flexibility index (Phi) is 3.87. The lowest BCUT2D eigenvalue weighted by atomic mass is 9.43. The van der Waals surface area contributed by atoms with Crippen LogP contribution in [0.25, 0.3) is 0 Å². The van der Waals surface area contributed by atoms with Crippen LogP contribution in [-0.2, 0) is 4.79 Å². The van der Waals surface area contributed by atoms with Gasteiger partial charge in [0.1, 0.15) is 17.0 Å². The summed E-state index contributed by atoms with van der Waals surface area (Å²) < 4.78 is 0. The molecule has 0 saturated heterocycles. The number of Topliss-reactive ketones (excluding diaryl/α,β-unsaturated/α-hetero) is 1. The molecule has 0 aromatic rings. The SMILES string of the molecule is CC(=O)[C@H]1CC[C@]2(O)[C@]1(C)[C@@H](O)C[C@@H]1[C@@]3(C)CC[C@@H](O)CC3=CC[C@@]12O. The first kappa shape index (κ1) is 18.6. The van der Waals surface area contributed by atoms with Crippen LogP contribution in [0.4, 0.5) is 0 Å². The summed E-state index contributed by atoms with van der Waals surface area (Å²) in [6, 6.07) is 0. The molecule has 4 aliphatic carbocycles. The highest BCUT2D eigenvalue weighted by Crippen LogP contribution is 2.69. The maximum atomic E-state index is 12.2. The van der Waals surface area contributed by atoms with E-state index in [9.17, 15) is 25.2 Å². The lowest BCUT2D eigenvalue weighted by molar-refractivity contribution is -0.297. The number of ketones is 1. The summed E-state index contributed by atoms with van der Waals surface area (Å²) in [6.07, 6.45) is 4.36. The van der Waals surface area contributed by atoms with E-state index in [0.717, 1.165) is 12.0 Å². The molecule has 0 aliphatic heterocycles. The summed E-state index contributed by atoms with van der Waals surface area (Å²) in [7, 11) is 0. The molecule has 4 N–H and O–H groups in total. The molecule has 0 spiro atoms. The topological polar surface area (TPSA) is 98.0 Å². The van der Waals surface area contributed by atoms with E-state index in [2.05, 4.69) is 6.92 Å². The first-order chi connectivity index (χ1) is 12.0. The van der Waals surface area contributed by atoms with Gasteiger partial charge in [-0.2, -0.15) is 0 Å². The summed E-state index contributed by atoms with van der Waals surface area (Å²) in [5.74, 6) is -0.733. The predicted octanol–water partition coefficient (Wildman–Crippen LogP) is 1.72. The quantitative estimate of drug-likeness (QED) is 0.531. The highest BCUT2D eigenvalue weighted by molar-refractivity contribution is 5.80. The van der Waals surface area contributed by atoms with Crippen LogP contribution in [0.3, 0.4) is 0 Å². The van der Waals surface area contributed by atoms with Gasteiger partial charge in [0.25, 0.3) is 0 Å². The molecule has 0 amide bonds. The minimum absolute atomic E-state index is 0.0245. The van der Waals surface area contributed by atoms with Gasteiger partial charge in [0.2, 0.25) is 0 Å². The summed E-state index contributed by atoms with van der Waals surface area (Å²) in [6.45, 7) is 5.42. The van der Waals surface area contributed by atoms with E-state index in [0.29, 0.717) is 38.5 Å². The zero-order valence-corrected chi connectivity index (χ0v) is 16.0. The standard InChI is InChI=1S/C21H32O5/c1-12(22)15-6-9-21(26)19(15,3)17(24)11-16-18(2)7-5-14(23)10-13(18)4-8-20(16,21)25/h4,14-17,23-26H,5-11H2,1-3H3/t14-,15-,16-,17+,18+,19+,20-,21+/m1/s1. The minimum Gasteiger partial charge on any atom is -0.393 e. The fourth-order valence-corrected chi connectivity index (χ4v) is 7.29. The maximum absolute atomic E-state index is 12.2. The molecular formula is C21H32O5. The Morgan fingerprint density at radius 1 is 1.15 bits per heavy atom. The lowest BCUT2D eigenvalue weighted by Gasteiger charge is -2.66. The van der Waals surface area contributed by atoms with E-state index in [1.54, 1.807) is 6.92 Å². The first-order valence-corrected chi connectivity index (χ1v) is 10.0. The van der Waals surface area contributed by atoms with E-state index >= 15 is 0 Å². The molecule has 0 aromatic heterocycles. The summed E-state index contributed by atoms with van der Waals surface area (Å²) in [4.78, 5) is 12.2. The molecule has 3 saturated carbocycles. The van der Waals surface area contributed by atoms with Crippen LogP contribution in [0.15, 0.2) is 11.6 Å². The molecule has 5 heteroatoms. The van der Waals surface area contributed by atoms with Gasteiger partial charge in [-0.1, -0.05) is 25.5 Å². The Bertz CT molecular complexity index is 673. The van der Waals surface area contributed by atoms with E-state index in [4.69, 9.17) is 0 Å². The highest BCUT2D eigenvalue weighted by Gasteiger charge is 2.76.